The van der Waals surface area contributed by atoms with Crippen LogP contribution in [0.5, 0.6) is 5.75 Å². The molecule has 1 heterocycles. The SMILES string of the molecule is COc1ccc(NC(=O)[C@H](C)OC(=O)/C=C/c2nc3ccccc3s2)cc1. The lowest BCUT2D eigenvalue weighted by molar-refractivity contribution is -0.148. The first kappa shape index (κ1) is 18.6. The molecule has 0 bridgehead atoms. The van der Waals surface area contributed by atoms with E-state index in [9.17, 15) is 9.59 Å². The number of esters is 1. The number of para-hydroxylation sites is 1. The number of nitrogens with one attached hydrogen (secondary N) is 1. The maximum atomic E-state index is 12.1. The summed E-state index contributed by atoms with van der Waals surface area (Å²) in [7, 11) is 1.57. The van der Waals surface area contributed by atoms with E-state index in [4.69, 9.17) is 9.47 Å². The average molecular weight is 382 g/mol. The van der Waals surface area contributed by atoms with Crippen molar-refractivity contribution in [2.45, 2.75) is 13.0 Å². The standard InChI is InChI=1S/C20H18N2O4S/c1-13(20(24)21-14-7-9-15(25-2)10-8-14)26-19(23)12-11-18-22-16-5-3-4-6-17(16)27-18/h3-13H,1-2H3,(H,21,24)/b12-11+/t13-/m0/s1. The number of nitrogens with zero attached hydrogens (tertiary/aromatic N) is 1. The third-order valence-electron chi connectivity index (χ3n) is 3.69. The summed E-state index contributed by atoms with van der Waals surface area (Å²) in [6.45, 7) is 1.52. The van der Waals surface area contributed by atoms with E-state index in [0.717, 1.165) is 10.2 Å². The minimum Gasteiger partial charge on any atom is -0.497 e. The Hall–Kier alpha value is -3.19. The topological polar surface area (TPSA) is 77.5 Å². The number of amides is 1. The molecule has 0 saturated heterocycles. The van der Waals surface area contributed by atoms with Crippen molar-refractivity contribution >= 4 is 45.2 Å². The first-order valence-corrected chi connectivity index (χ1v) is 9.06. The average Bonchev–Trinajstić information content (AvgIpc) is 3.10. The molecule has 0 aliphatic heterocycles. The van der Waals surface area contributed by atoms with E-state index in [-0.39, 0.29) is 0 Å². The number of ether oxygens (including phenoxy) is 2. The molecule has 0 unspecified atom stereocenters. The van der Waals surface area contributed by atoms with Gasteiger partial charge in [0.25, 0.3) is 5.91 Å². The summed E-state index contributed by atoms with van der Waals surface area (Å²) >= 11 is 1.47. The Labute approximate surface area is 160 Å². The number of anilines is 1. The zero-order valence-electron chi connectivity index (χ0n) is 14.8. The largest absolute Gasteiger partial charge is 0.497 e. The zero-order chi connectivity index (χ0) is 19.2. The van der Waals surface area contributed by atoms with Crippen LogP contribution in [0.25, 0.3) is 16.3 Å². The van der Waals surface area contributed by atoms with E-state index >= 15 is 0 Å². The van der Waals surface area contributed by atoms with Crippen molar-refractivity contribution < 1.29 is 19.1 Å². The fraction of sp³-hybridized carbons (Fsp3) is 0.150. The number of hydrogen-bond donors (Lipinski definition) is 1. The number of thiazole rings is 1. The molecule has 3 aromatic rings. The van der Waals surface area contributed by atoms with Gasteiger partial charge in [-0.3, -0.25) is 4.79 Å². The normalized spacial score (nSPS) is 12.1. The van der Waals surface area contributed by atoms with Crippen LogP contribution in [0.15, 0.2) is 54.6 Å². The summed E-state index contributed by atoms with van der Waals surface area (Å²) in [5.41, 5.74) is 1.47. The summed E-state index contributed by atoms with van der Waals surface area (Å²) in [5.74, 6) is -0.332. The van der Waals surface area contributed by atoms with Gasteiger partial charge in [0.05, 0.1) is 17.3 Å². The number of aromatic nitrogens is 1. The van der Waals surface area contributed by atoms with Crippen LogP contribution >= 0.6 is 11.3 Å². The number of benzene rings is 2. The van der Waals surface area contributed by atoms with E-state index in [1.165, 1.54) is 24.3 Å². The third kappa shape index (κ3) is 4.92. The van der Waals surface area contributed by atoms with E-state index in [1.54, 1.807) is 37.5 Å². The molecule has 7 heteroatoms. The molecule has 3 rings (SSSR count). The highest BCUT2D eigenvalue weighted by Gasteiger charge is 2.16. The number of hydrogen-bond acceptors (Lipinski definition) is 6. The number of carbonyl (C=O) groups is 2. The second kappa shape index (κ2) is 8.46. The monoisotopic (exact) mass is 382 g/mol. The first-order chi connectivity index (χ1) is 13.0. The second-order valence-electron chi connectivity index (χ2n) is 5.65. The fourth-order valence-electron chi connectivity index (χ4n) is 2.29. The molecule has 1 atom stereocenters. The Balaban J connectivity index is 1.54. The molecule has 0 spiro atoms. The van der Waals surface area contributed by atoms with Crippen molar-refractivity contribution in [1.82, 2.24) is 4.98 Å². The van der Waals surface area contributed by atoms with Crippen molar-refractivity contribution in [3.05, 3.63) is 59.6 Å². The van der Waals surface area contributed by atoms with Crippen LogP contribution in [-0.4, -0.2) is 30.1 Å². The fourth-order valence-corrected chi connectivity index (χ4v) is 3.16. The molecule has 1 amide bonds. The van der Waals surface area contributed by atoms with E-state index in [2.05, 4.69) is 10.3 Å². The molecule has 1 N–H and O–H groups in total. The molecular formula is C20H18N2O4S. The van der Waals surface area contributed by atoms with Crippen LogP contribution in [0, 0.1) is 0 Å². The number of rotatable bonds is 6. The minimum absolute atomic E-state index is 0.415. The Morgan fingerprint density at radius 3 is 2.59 bits per heavy atom. The number of fused-ring (bicyclic) bond motifs is 1. The van der Waals surface area contributed by atoms with Gasteiger partial charge in [0, 0.05) is 11.8 Å². The van der Waals surface area contributed by atoms with Crippen molar-refractivity contribution in [3.63, 3.8) is 0 Å². The zero-order valence-corrected chi connectivity index (χ0v) is 15.7. The van der Waals surface area contributed by atoms with Gasteiger partial charge in [0.1, 0.15) is 10.8 Å². The number of methoxy groups -OCH3 is 1. The quantitative estimate of drug-likeness (QED) is 0.517. The lowest BCUT2D eigenvalue weighted by atomic mass is 10.3. The van der Waals surface area contributed by atoms with Crippen LogP contribution in [0.2, 0.25) is 0 Å². The minimum atomic E-state index is -0.931. The summed E-state index contributed by atoms with van der Waals surface area (Å²) in [5, 5.41) is 3.38. The van der Waals surface area contributed by atoms with Crippen molar-refractivity contribution in [3.8, 4) is 5.75 Å². The van der Waals surface area contributed by atoms with Crippen LogP contribution in [-0.2, 0) is 14.3 Å². The van der Waals surface area contributed by atoms with E-state index in [1.807, 2.05) is 24.3 Å². The van der Waals surface area contributed by atoms with Gasteiger partial charge >= 0.3 is 5.97 Å². The predicted molar refractivity (Wildman–Crippen MR) is 106 cm³/mol. The molecule has 6 nitrogen and oxygen atoms in total. The Bertz CT molecular complexity index is 946. The summed E-state index contributed by atoms with van der Waals surface area (Å²) < 4.78 is 11.2. The lowest BCUT2D eigenvalue weighted by Gasteiger charge is -2.12. The van der Waals surface area contributed by atoms with Crippen LogP contribution in [0.4, 0.5) is 5.69 Å². The van der Waals surface area contributed by atoms with Gasteiger partial charge in [-0.2, -0.15) is 0 Å². The van der Waals surface area contributed by atoms with Crippen LogP contribution < -0.4 is 10.1 Å². The molecule has 0 radical (unpaired) electrons. The maximum absolute atomic E-state index is 12.1. The summed E-state index contributed by atoms with van der Waals surface area (Å²) in [4.78, 5) is 28.5. The molecule has 0 fully saturated rings. The highest BCUT2D eigenvalue weighted by molar-refractivity contribution is 7.19. The van der Waals surface area contributed by atoms with Crippen LogP contribution in [0.3, 0.4) is 0 Å². The Kier molecular flexibility index (Phi) is 5.83. The highest BCUT2D eigenvalue weighted by Crippen LogP contribution is 2.22. The first-order valence-electron chi connectivity index (χ1n) is 8.24. The van der Waals surface area contributed by atoms with Crippen molar-refractivity contribution in [2.75, 3.05) is 12.4 Å². The van der Waals surface area contributed by atoms with Gasteiger partial charge in [-0.1, -0.05) is 12.1 Å². The van der Waals surface area contributed by atoms with Gasteiger partial charge < -0.3 is 14.8 Å². The molecule has 2 aromatic carbocycles. The lowest BCUT2D eigenvalue weighted by Crippen LogP contribution is -2.29. The highest BCUT2D eigenvalue weighted by atomic mass is 32.1. The van der Waals surface area contributed by atoms with Gasteiger partial charge in [0.15, 0.2) is 6.10 Å². The summed E-state index contributed by atoms with van der Waals surface area (Å²) in [6.07, 6.45) is 1.93. The molecule has 0 saturated carbocycles. The van der Waals surface area contributed by atoms with E-state index in [0.29, 0.717) is 16.4 Å². The Morgan fingerprint density at radius 2 is 1.89 bits per heavy atom. The Morgan fingerprint density at radius 1 is 1.15 bits per heavy atom. The molecule has 27 heavy (non-hydrogen) atoms. The molecular weight excluding hydrogens is 364 g/mol. The van der Waals surface area contributed by atoms with Crippen molar-refractivity contribution in [1.29, 1.82) is 0 Å². The van der Waals surface area contributed by atoms with Gasteiger partial charge in [-0.25, -0.2) is 9.78 Å². The molecule has 0 aliphatic rings. The third-order valence-corrected chi connectivity index (χ3v) is 4.69. The molecule has 0 aliphatic carbocycles. The van der Waals surface area contributed by atoms with E-state index < -0.39 is 18.0 Å². The van der Waals surface area contributed by atoms with Gasteiger partial charge in [-0.05, 0) is 49.4 Å². The van der Waals surface area contributed by atoms with Gasteiger partial charge in [-0.15, -0.1) is 11.3 Å². The second-order valence-corrected chi connectivity index (χ2v) is 6.71. The summed E-state index contributed by atoms with van der Waals surface area (Å²) in [6, 6.07) is 14.6. The van der Waals surface area contributed by atoms with Crippen molar-refractivity contribution in [2.24, 2.45) is 0 Å². The predicted octanol–water partition coefficient (Wildman–Crippen LogP) is 3.89. The molecule has 1 aromatic heterocycles. The maximum Gasteiger partial charge on any atom is 0.331 e. The number of carbonyl (C=O) groups excluding carboxylic acids is 2. The van der Waals surface area contributed by atoms with Crippen LogP contribution in [0.1, 0.15) is 11.9 Å². The molecule has 138 valence electrons. The van der Waals surface area contributed by atoms with Gasteiger partial charge in [0.2, 0.25) is 0 Å². The smallest absolute Gasteiger partial charge is 0.331 e.